The Morgan fingerprint density at radius 3 is 2.53 bits per heavy atom. The van der Waals surface area contributed by atoms with E-state index in [4.69, 9.17) is 4.74 Å². The van der Waals surface area contributed by atoms with E-state index in [1.165, 1.54) is 32.1 Å². The molecule has 4 aliphatic carbocycles. The molecular formula is C17H26O2. The van der Waals surface area contributed by atoms with Crippen molar-refractivity contribution in [2.24, 2.45) is 35.5 Å². The molecular weight excluding hydrogens is 236 g/mol. The molecule has 0 spiro atoms. The van der Waals surface area contributed by atoms with Crippen LogP contribution in [0.15, 0.2) is 0 Å². The first kappa shape index (κ1) is 12.2. The molecule has 0 aromatic heterocycles. The number of ether oxygens (including phenoxy) is 1. The normalized spacial score (nSPS) is 53.6. The molecule has 2 nitrogen and oxygen atoms in total. The molecule has 7 atom stereocenters. The highest BCUT2D eigenvalue weighted by Crippen LogP contribution is 2.70. The zero-order valence-corrected chi connectivity index (χ0v) is 12.2. The zero-order valence-electron chi connectivity index (χ0n) is 12.2. The van der Waals surface area contributed by atoms with E-state index < -0.39 is 0 Å². The maximum Gasteiger partial charge on any atom is 0.306 e. The minimum Gasteiger partial charge on any atom is -0.459 e. The van der Waals surface area contributed by atoms with E-state index in [-0.39, 0.29) is 11.6 Å². The van der Waals surface area contributed by atoms with Crippen molar-refractivity contribution in [2.75, 3.05) is 0 Å². The van der Waals surface area contributed by atoms with Crippen molar-refractivity contribution in [1.29, 1.82) is 0 Å². The summed E-state index contributed by atoms with van der Waals surface area (Å²) in [5.74, 6) is 5.49. The molecule has 4 aliphatic rings. The van der Waals surface area contributed by atoms with Crippen molar-refractivity contribution in [3.63, 3.8) is 0 Å². The van der Waals surface area contributed by atoms with Gasteiger partial charge in [0.05, 0.1) is 0 Å². The second-order valence-corrected chi connectivity index (χ2v) is 7.54. The maximum atomic E-state index is 11.8. The predicted molar refractivity (Wildman–Crippen MR) is 73.4 cm³/mol. The minimum absolute atomic E-state index is 0.0223. The molecule has 4 rings (SSSR count). The Hall–Kier alpha value is -0.530. The third-order valence-electron chi connectivity index (χ3n) is 7.10. The van der Waals surface area contributed by atoms with Crippen LogP contribution in [0.3, 0.4) is 0 Å². The molecule has 4 bridgehead atoms. The monoisotopic (exact) mass is 262 g/mol. The number of carbonyl (C=O) groups excluding carboxylic acids is 1. The number of hydrogen-bond acceptors (Lipinski definition) is 2. The van der Waals surface area contributed by atoms with Gasteiger partial charge in [0.25, 0.3) is 0 Å². The Balaban J connectivity index is 1.62. The molecule has 0 aliphatic heterocycles. The summed E-state index contributed by atoms with van der Waals surface area (Å²) in [4.78, 5) is 11.8. The van der Waals surface area contributed by atoms with Crippen LogP contribution in [0, 0.1) is 35.5 Å². The van der Waals surface area contributed by atoms with Crippen molar-refractivity contribution in [1.82, 2.24) is 0 Å². The van der Waals surface area contributed by atoms with Crippen molar-refractivity contribution in [3.8, 4) is 0 Å². The van der Waals surface area contributed by atoms with Gasteiger partial charge < -0.3 is 4.74 Å². The van der Waals surface area contributed by atoms with Gasteiger partial charge in [0.15, 0.2) is 0 Å². The first-order chi connectivity index (χ1) is 9.18. The highest BCUT2D eigenvalue weighted by molar-refractivity contribution is 5.69. The number of fused-ring (bicyclic) bond motifs is 9. The van der Waals surface area contributed by atoms with Gasteiger partial charge in [-0.1, -0.05) is 13.8 Å². The van der Waals surface area contributed by atoms with E-state index in [1.54, 1.807) is 0 Å². The van der Waals surface area contributed by atoms with Gasteiger partial charge >= 0.3 is 5.97 Å². The van der Waals surface area contributed by atoms with Gasteiger partial charge in [-0.15, -0.1) is 0 Å². The lowest BCUT2D eigenvalue weighted by molar-refractivity contribution is -0.172. The second-order valence-electron chi connectivity index (χ2n) is 7.54. The smallest absolute Gasteiger partial charge is 0.306 e. The second kappa shape index (κ2) is 3.99. The van der Waals surface area contributed by atoms with Crippen LogP contribution in [0.4, 0.5) is 0 Å². The molecule has 19 heavy (non-hydrogen) atoms. The fourth-order valence-electron chi connectivity index (χ4n) is 6.59. The number of hydrogen-bond donors (Lipinski definition) is 0. The third-order valence-corrected chi connectivity index (χ3v) is 7.10. The molecule has 0 aromatic rings. The van der Waals surface area contributed by atoms with E-state index in [0.29, 0.717) is 12.3 Å². The van der Waals surface area contributed by atoms with E-state index in [0.717, 1.165) is 36.0 Å². The van der Waals surface area contributed by atoms with E-state index >= 15 is 0 Å². The van der Waals surface area contributed by atoms with Gasteiger partial charge in [-0.2, -0.15) is 0 Å². The van der Waals surface area contributed by atoms with Crippen LogP contribution in [0.1, 0.15) is 58.8 Å². The van der Waals surface area contributed by atoms with Crippen LogP contribution in [0.5, 0.6) is 0 Å². The molecule has 2 heteroatoms. The Morgan fingerprint density at radius 2 is 1.84 bits per heavy atom. The first-order valence-electron chi connectivity index (χ1n) is 8.40. The number of rotatable bonds is 3. The van der Waals surface area contributed by atoms with Crippen LogP contribution in [0.25, 0.3) is 0 Å². The SMILES string of the molecule is CCC(=O)OC1(CC)CC2CC1C1C3CCC(C3)C21. The van der Waals surface area contributed by atoms with Crippen LogP contribution in [-0.2, 0) is 9.53 Å². The maximum absolute atomic E-state index is 11.8. The van der Waals surface area contributed by atoms with E-state index in [2.05, 4.69) is 6.92 Å². The van der Waals surface area contributed by atoms with Gasteiger partial charge in [-0.05, 0) is 68.1 Å². The summed E-state index contributed by atoms with van der Waals surface area (Å²) in [5.41, 5.74) is -0.0800. The summed E-state index contributed by atoms with van der Waals surface area (Å²) >= 11 is 0. The van der Waals surface area contributed by atoms with Crippen LogP contribution in [0.2, 0.25) is 0 Å². The Labute approximate surface area is 116 Å². The highest BCUT2D eigenvalue weighted by atomic mass is 16.6. The zero-order chi connectivity index (χ0) is 13.2. The largest absolute Gasteiger partial charge is 0.459 e. The molecule has 0 N–H and O–H groups in total. The van der Waals surface area contributed by atoms with Gasteiger partial charge in [-0.3, -0.25) is 4.79 Å². The molecule has 4 fully saturated rings. The minimum atomic E-state index is -0.0800. The van der Waals surface area contributed by atoms with Crippen molar-refractivity contribution < 1.29 is 9.53 Å². The highest BCUT2D eigenvalue weighted by Gasteiger charge is 2.67. The Kier molecular flexibility index (Phi) is 2.57. The predicted octanol–water partition coefficient (Wildman–Crippen LogP) is 3.79. The summed E-state index contributed by atoms with van der Waals surface area (Å²) in [6, 6.07) is 0. The Bertz CT molecular complexity index is 404. The standard InChI is InChI=1S/C17H26O2/c1-3-14(18)19-17(4-2)9-12-8-13(17)16-11-6-5-10(7-11)15(12)16/h10-13,15-16H,3-9H2,1-2H3. The van der Waals surface area contributed by atoms with Crippen LogP contribution >= 0.6 is 0 Å². The van der Waals surface area contributed by atoms with Crippen molar-refractivity contribution >= 4 is 5.97 Å². The average molecular weight is 262 g/mol. The molecule has 0 radical (unpaired) electrons. The lowest BCUT2D eigenvalue weighted by atomic mass is 9.65. The van der Waals surface area contributed by atoms with Crippen LogP contribution in [-0.4, -0.2) is 11.6 Å². The Morgan fingerprint density at radius 1 is 1.11 bits per heavy atom. The van der Waals surface area contributed by atoms with Gasteiger partial charge in [-0.25, -0.2) is 0 Å². The molecule has 0 amide bonds. The summed E-state index contributed by atoms with van der Waals surface area (Å²) in [6.45, 7) is 4.14. The van der Waals surface area contributed by atoms with Crippen molar-refractivity contribution in [3.05, 3.63) is 0 Å². The molecule has 0 heterocycles. The third kappa shape index (κ3) is 1.46. The lowest BCUT2D eigenvalue weighted by Crippen LogP contribution is -2.47. The van der Waals surface area contributed by atoms with E-state index in [1.807, 2.05) is 6.92 Å². The molecule has 4 saturated carbocycles. The molecule has 106 valence electrons. The fourth-order valence-corrected chi connectivity index (χ4v) is 6.59. The summed E-state index contributed by atoms with van der Waals surface area (Å²) in [5, 5.41) is 0. The van der Waals surface area contributed by atoms with Gasteiger partial charge in [0, 0.05) is 12.3 Å². The molecule has 0 aromatic carbocycles. The first-order valence-corrected chi connectivity index (χ1v) is 8.40. The van der Waals surface area contributed by atoms with Gasteiger partial charge in [0.1, 0.15) is 5.60 Å². The van der Waals surface area contributed by atoms with E-state index in [9.17, 15) is 4.79 Å². The average Bonchev–Trinajstić information content (AvgIpc) is 3.15. The summed E-state index contributed by atoms with van der Waals surface area (Å²) in [7, 11) is 0. The summed E-state index contributed by atoms with van der Waals surface area (Å²) < 4.78 is 6.01. The summed E-state index contributed by atoms with van der Waals surface area (Å²) in [6.07, 6.45) is 8.51. The van der Waals surface area contributed by atoms with Crippen molar-refractivity contribution in [2.45, 2.75) is 64.4 Å². The van der Waals surface area contributed by atoms with Gasteiger partial charge in [0.2, 0.25) is 0 Å². The fraction of sp³-hybridized carbons (Fsp3) is 0.941. The number of carbonyl (C=O) groups is 1. The molecule has 7 unspecified atom stereocenters. The number of esters is 1. The van der Waals surface area contributed by atoms with Crippen LogP contribution < -0.4 is 0 Å². The lowest BCUT2D eigenvalue weighted by Gasteiger charge is -2.45. The quantitative estimate of drug-likeness (QED) is 0.571. The topological polar surface area (TPSA) is 26.3 Å². The molecule has 0 saturated heterocycles.